The standard InChI is InChI=1S/C29H44P2.C5H10.2CH3.Fe/c1-21-15-10-12-18-25(21)30(26-19-13-11-16-22(26)2)23(3)24-17-14-20-27(24)31(28(4,5)6)29(7,8)9;1-2-4-5-3-1;;;/h10-13,15-16,18-19,23-24,27H,14,17,20H2,1-9H3;1-5H2;2*1H3;/q;;2*-1;+2/t23-,24?,27?;;;;/m1..../s1. The van der Waals surface area contributed by atoms with E-state index in [1.54, 1.807) is 10.6 Å². The van der Waals surface area contributed by atoms with Crippen molar-refractivity contribution in [1.29, 1.82) is 0 Å². The summed E-state index contributed by atoms with van der Waals surface area (Å²) in [4.78, 5) is 0. The smallest absolute Gasteiger partial charge is 0.358 e. The van der Waals surface area contributed by atoms with E-state index in [0.29, 0.717) is 16.0 Å². The summed E-state index contributed by atoms with van der Waals surface area (Å²) in [6.45, 7) is 22.3. The molecule has 0 nitrogen and oxygen atoms in total. The maximum absolute atomic E-state index is 2.60. The summed E-state index contributed by atoms with van der Waals surface area (Å²) in [5.41, 5.74) is 4.52. The summed E-state index contributed by atoms with van der Waals surface area (Å²) < 4.78 is 0. The molecule has 2 aliphatic rings. The summed E-state index contributed by atoms with van der Waals surface area (Å²) in [6, 6.07) is 18.4. The van der Waals surface area contributed by atoms with Gasteiger partial charge in [-0.3, -0.25) is 0 Å². The first-order chi connectivity index (χ1) is 16.9. The molecule has 39 heavy (non-hydrogen) atoms. The van der Waals surface area contributed by atoms with Crippen LogP contribution in [-0.2, 0) is 17.1 Å². The molecule has 2 aromatic carbocycles. The van der Waals surface area contributed by atoms with Crippen LogP contribution in [0.2, 0.25) is 0 Å². The Kier molecular flexibility index (Phi) is 17.0. The average molecular weight is 611 g/mol. The van der Waals surface area contributed by atoms with Gasteiger partial charge in [0.2, 0.25) is 0 Å². The predicted octanol–water partition coefficient (Wildman–Crippen LogP) is 11.2. The summed E-state index contributed by atoms with van der Waals surface area (Å²) in [7, 11) is -0.461. The molecule has 2 aromatic rings. The van der Waals surface area contributed by atoms with Crippen molar-refractivity contribution in [2.24, 2.45) is 5.92 Å². The number of benzene rings is 2. The first-order valence-corrected chi connectivity index (χ1v) is 17.4. The van der Waals surface area contributed by atoms with Crippen molar-refractivity contribution in [2.45, 2.75) is 135 Å². The molecule has 0 bridgehead atoms. The molecule has 4 rings (SSSR count). The molecule has 0 amide bonds. The SMILES string of the molecule is C1CCCC1.Cc1ccccc1P(c1ccccc1C)[C@H](C)C1CCCC1P(C(C)(C)C)C(C)(C)C.[CH3-].[CH3-].[Fe+2]. The van der Waals surface area contributed by atoms with E-state index in [1.807, 2.05) is 0 Å². The topological polar surface area (TPSA) is 0 Å². The molecule has 3 atom stereocenters. The molecule has 2 fully saturated rings. The van der Waals surface area contributed by atoms with Crippen LogP contribution in [-0.4, -0.2) is 21.6 Å². The van der Waals surface area contributed by atoms with Crippen molar-refractivity contribution in [3.05, 3.63) is 74.5 Å². The number of hydrogen-bond acceptors (Lipinski definition) is 0. The Morgan fingerprint density at radius 2 is 1.03 bits per heavy atom. The fraction of sp³-hybridized carbons (Fsp3) is 0.611. The van der Waals surface area contributed by atoms with Crippen molar-refractivity contribution in [1.82, 2.24) is 0 Å². The molecule has 0 N–H and O–H groups in total. The molecule has 0 aromatic heterocycles. The van der Waals surface area contributed by atoms with Crippen LogP contribution in [0.3, 0.4) is 0 Å². The molecule has 3 heteroatoms. The van der Waals surface area contributed by atoms with Gasteiger partial charge in [0.1, 0.15) is 0 Å². The molecule has 0 spiro atoms. The maximum atomic E-state index is 2.60. The Labute approximate surface area is 258 Å². The normalized spacial score (nSPS) is 19.9. The fourth-order valence-corrected chi connectivity index (χ4v) is 15.8. The van der Waals surface area contributed by atoms with Crippen molar-refractivity contribution in [2.75, 3.05) is 0 Å². The third kappa shape index (κ3) is 10.2. The quantitative estimate of drug-likeness (QED) is 0.180. The third-order valence-corrected chi connectivity index (χ3v) is 15.8. The Morgan fingerprint density at radius 1 is 0.641 bits per heavy atom. The Balaban J connectivity index is 0.00000162. The van der Waals surface area contributed by atoms with Gasteiger partial charge < -0.3 is 14.9 Å². The average Bonchev–Trinajstić information content (AvgIpc) is 3.50. The second-order valence-electron chi connectivity index (χ2n) is 13.3. The number of aryl methyl sites for hydroxylation is 2. The number of hydrogen-bond donors (Lipinski definition) is 0. The molecule has 0 radical (unpaired) electrons. The first-order valence-electron chi connectivity index (χ1n) is 14.6. The largest absolute Gasteiger partial charge is 2.00 e. The third-order valence-electron chi connectivity index (χ3n) is 8.34. The molecule has 2 unspecified atom stereocenters. The van der Waals surface area contributed by atoms with E-state index >= 15 is 0 Å². The van der Waals surface area contributed by atoms with E-state index in [2.05, 4.69) is 111 Å². The van der Waals surface area contributed by atoms with E-state index < -0.39 is 0 Å². The van der Waals surface area contributed by atoms with Gasteiger partial charge >= 0.3 is 17.1 Å². The van der Waals surface area contributed by atoms with Crippen LogP contribution in [0.15, 0.2) is 48.5 Å². The zero-order chi connectivity index (χ0) is 26.5. The second kappa shape index (κ2) is 17.1. The molecule has 0 saturated heterocycles. The summed E-state index contributed by atoms with van der Waals surface area (Å²) in [5.74, 6) is 0.829. The fourth-order valence-electron chi connectivity index (χ4n) is 7.16. The van der Waals surface area contributed by atoms with E-state index in [4.69, 9.17) is 0 Å². The van der Waals surface area contributed by atoms with Crippen molar-refractivity contribution in [3.63, 3.8) is 0 Å². The zero-order valence-corrected chi connectivity index (χ0v) is 30.1. The minimum Gasteiger partial charge on any atom is -0.358 e. The van der Waals surface area contributed by atoms with E-state index in [9.17, 15) is 0 Å². The minimum atomic E-state index is -0.378. The maximum Gasteiger partial charge on any atom is 2.00 e. The van der Waals surface area contributed by atoms with E-state index in [1.165, 1.54) is 62.5 Å². The Bertz CT molecular complexity index is 884. The van der Waals surface area contributed by atoms with Gasteiger partial charge in [-0.05, 0) is 83.9 Å². The molecule has 222 valence electrons. The Morgan fingerprint density at radius 3 is 1.38 bits per heavy atom. The van der Waals surface area contributed by atoms with Crippen LogP contribution in [0, 0.1) is 34.6 Å². The summed E-state index contributed by atoms with van der Waals surface area (Å²) in [6.07, 6.45) is 11.8. The van der Waals surface area contributed by atoms with Gasteiger partial charge in [0, 0.05) is 0 Å². The molecule has 0 aliphatic heterocycles. The van der Waals surface area contributed by atoms with Crippen LogP contribution in [0.5, 0.6) is 0 Å². The van der Waals surface area contributed by atoms with Gasteiger partial charge in [0.05, 0.1) is 0 Å². The van der Waals surface area contributed by atoms with Crippen LogP contribution in [0.4, 0.5) is 0 Å². The van der Waals surface area contributed by atoms with Gasteiger partial charge in [-0.1, -0.05) is 143 Å². The van der Waals surface area contributed by atoms with Gasteiger partial charge in [-0.25, -0.2) is 0 Å². The van der Waals surface area contributed by atoms with Gasteiger partial charge in [-0.2, -0.15) is 0 Å². The zero-order valence-electron chi connectivity index (χ0n) is 27.3. The molecule has 0 heterocycles. The predicted molar refractivity (Wildman–Crippen MR) is 181 cm³/mol. The van der Waals surface area contributed by atoms with Crippen molar-refractivity contribution < 1.29 is 17.1 Å². The summed E-state index contributed by atoms with van der Waals surface area (Å²) >= 11 is 0. The number of rotatable bonds is 5. The van der Waals surface area contributed by atoms with Crippen LogP contribution in [0.1, 0.15) is 111 Å². The van der Waals surface area contributed by atoms with Crippen LogP contribution >= 0.6 is 15.8 Å². The van der Waals surface area contributed by atoms with Crippen LogP contribution < -0.4 is 10.6 Å². The molecular weight excluding hydrogens is 550 g/mol. The van der Waals surface area contributed by atoms with E-state index in [0.717, 1.165) is 11.6 Å². The van der Waals surface area contributed by atoms with E-state index in [-0.39, 0.29) is 47.8 Å². The monoisotopic (exact) mass is 610 g/mol. The van der Waals surface area contributed by atoms with Gasteiger partial charge in [0.25, 0.3) is 0 Å². The van der Waals surface area contributed by atoms with Crippen molar-refractivity contribution in [3.8, 4) is 0 Å². The second-order valence-corrected chi connectivity index (χ2v) is 19.9. The van der Waals surface area contributed by atoms with Gasteiger partial charge in [0.15, 0.2) is 0 Å². The first kappa shape index (κ1) is 38.8. The molecule has 2 aliphatic carbocycles. The van der Waals surface area contributed by atoms with Crippen molar-refractivity contribution >= 4 is 26.5 Å². The van der Waals surface area contributed by atoms with Gasteiger partial charge in [-0.15, -0.1) is 0 Å². The molecule has 2 saturated carbocycles. The summed E-state index contributed by atoms with van der Waals surface area (Å²) in [5, 5.41) is 3.99. The minimum absolute atomic E-state index is 0. The Hall–Kier alpha value is -0.181. The van der Waals surface area contributed by atoms with Crippen LogP contribution in [0.25, 0.3) is 0 Å². The molecular formula is C36H60FeP2.